The van der Waals surface area contributed by atoms with Gasteiger partial charge < -0.3 is 15.4 Å². The highest BCUT2D eigenvalue weighted by atomic mass is 16.5. The van der Waals surface area contributed by atoms with Gasteiger partial charge in [-0.1, -0.05) is 0 Å². The van der Waals surface area contributed by atoms with E-state index in [0.29, 0.717) is 22.9 Å². The van der Waals surface area contributed by atoms with Crippen LogP contribution in [0.5, 0.6) is 5.75 Å². The van der Waals surface area contributed by atoms with E-state index < -0.39 is 0 Å². The minimum atomic E-state index is 0.249. The van der Waals surface area contributed by atoms with Crippen molar-refractivity contribution >= 4 is 16.8 Å². The molecule has 9 heteroatoms. The molecule has 0 amide bonds. The Morgan fingerprint density at radius 3 is 2.68 bits per heavy atom. The molecule has 0 atom stereocenters. The van der Waals surface area contributed by atoms with E-state index >= 15 is 0 Å². The van der Waals surface area contributed by atoms with E-state index in [1.165, 1.54) is 6.20 Å². The van der Waals surface area contributed by atoms with Crippen molar-refractivity contribution in [2.45, 2.75) is 31.8 Å². The number of hydrogen-bond donors (Lipinski definition) is 1. The number of aliphatic imine (C=N–C) groups is 1. The number of nitriles is 2. The number of hydrogen-bond acceptors (Lipinski definition) is 8. The highest BCUT2D eigenvalue weighted by Crippen LogP contribution is 2.29. The van der Waals surface area contributed by atoms with Gasteiger partial charge in [0.25, 0.3) is 0 Å². The van der Waals surface area contributed by atoms with Crippen molar-refractivity contribution in [3.8, 4) is 18.0 Å². The minimum Gasteiger partial charge on any atom is -0.494 e. The fourth-order valence-corrected chi connectivity index (χ4v) is 4.39. The molecule has 9 nitrogen and oxygen atoms in total. The average molecular weight is 419 g/mol. The second-order valence-electron chi connectivity index (χ2n) is 7.98. The lowest BCUT2D eigenvalue weighted by Gasteiger charge is -2.45. The maximum Gasteiger partial charge on any atom is 0.179 e. The normalized spacial score (nSPS) is 19.2. The number of nitrogens with two attached hydrogens (primary N) is 1. The number of pyridine rings is 1. The minimum absolute atomic E-state index is 0.249. The Labute approximate surface area is 181 Å². The zero-order valence-electron chi connectivity index (χ0n) is 17.8. The van der Waals surface area contributed by atoms with Crippen molar-refractivity contribution in [1.29, 1.82) is 10.5 Å². The first-order valence-electron chi connectivity index (χ1n) is 10.4. The van der Waals surface area contributed by atoms with Crippen LogP contribution in [0, 0.1) is 22.8 Å². The number of ether oxygens (including phenoxy) is 1. The molecule has 2 N–H and O–H groups in total. The summed E-state index contributed by atoms with van der Waals surface area (Å²) in [5.74, 6) is 0.568. The van der Waals surface area contributed by atoms with E-state index in [1.807, 2.05) is 19.2 Å². The first kappa shape index (κ1) is 20.7. The van der Waals surface area contributed by atoms with Crippen LogP contribution in [-0.2, 0) is 0 Å². The molecule has 0 radical (unpaired) electrons. The largest absolute Gasteiger partial charge is 0.494 e. The van der Waals surface area contributed by atoms with Crippen LogP contribution in [0.4, 0.5) is 0 Å². The third kappa shape index (κ3) is 3.92. The number of rotatable bonds is 5. The molecular weight excluding hydrogens is 392 g/mol. The van der Waals surface area contributed by atoms with Crippen LogP contribution < -0.4 is 10.5 Å². The number of aromatic nitrogens is 2. The standard InChI is InChI=1S/C22H26N8O/c1-15(27-18-3-5-29(6-4-18)19-12-28(13-19)14-25)20(9-24)16-7-21(31-2)22-17(8-23)10-26-30(22)11-16/h7,9-11,18-19H,3-6,12-13,24H2,1-2H3/b20-9+,27-15?. The molecule has 0 saturated carbocycles. The fourth-order valence-electron chi connectivity index (χ4n) is 4.39. The Bertz CT molecular complexity index is 1100. The van der Waals surface area contributed by atoms with Crippen molar-refractivity contribution in [3.63, 3.8) is 0 Å². The van der Waals surface area contributed by atoms with Gasteiger partial charge in [-0.15, -0.1) is 0 Å². The molecule has 31 heavy (non-hydrogen) atoms. The van der Waals surface area contributed by atoms with Gasteiger partial charge in [0.2, 0.25) is 0 Å². The lowest BCUT2D eigenvalue weighted by molar-refractivity contribution is 0.0536. The van der Waals surface area contributed by atoms with Gasteiger partial charge >= 0.3 is 0 Å². The van der Waals surface area contributed by atoms with Gasteiger partial charge in [-0.3, -0.25) is 9.89 Å². The van der Waals surface area contributed by atoms with Crippen molar-refractivity contribution < 1.29 is 4.74 Å². The molecule has 2 aliphatic heterocycles. The second kappa shape index (κ2) is 8.66. The van der Waals surface area contributed by atoms with Gasteiger partial charge in [-0.2, -0.15) is 15.6 Å². The Morgan fingerprint density at radius 2 is 2.06 bits per heavy atom. The third-order valence-corrected chi connectivity index (χ3v) is 6.18. The maximum atomic E-state index is 9.31. The summed E-state index contributed by atoms with van der Waals surface area (Å²) in [7, 11) is 1.58. The van der Waals surface area contributed by atoms with Crippen molar-refractivity contribution in [3.05, 3.63) is 35.8 Å². The quantitative estimate of drug-likeness (QED) is 0.579. The van der Waals surface area contributed by atoms with Gasteiger partial charge in [0, 0.05) is 61.5 Å². The number of piperidine rings is 1. The van der Waals surface area contributed by atoms with E-state index in [4.69, 9.17) is 20.7 Å². The summed E-state index contributed by atoms with van der Waals surface area (Å²) in [6.45, 7) is 5.65. The van der Waals surface area contributed by atoms with Crippen LogP contribution in [0.15, 0.2) is 29.7 Å². The molecule has 2 aromatic rings. The van der Waals surface area contributed by atoms with E-state index in [9.17, 15) is 5.26 Å². The number of nitrogens with zero attached hydrogens (tertiary/aromatic N) is 7. The highest BCUT2D eigenvalue weighted by Gasteiger charge is 2.33. The number of fused-ring (bicyclic) bond motifs is 1. The van der Waals surface area contributed by atoms with Gasteiger partial charge in [0.1, 0.15) is 22.9 Å². The molecule has 0 aromatic carbocycles. The summed E-state index contributed by atoms with van der Waals surface area (Å²) >= 11 is 0. The molecule has 4 heterocycles. The monoisotopic (exact) mass is 418 g/mol. The zero-order chi connectivity index (χ0) is 22.0. The predicted octanol–water partition coefficient (Wildman–Crippen LogP) is 1.60. The lowest BCUT2D eigenvalue weighted by atomic mass is 9.99. The van der Waals surface area contributed by atoms with E-state index in [0.717, 1.165) is 55.9 Å². The SMILES string of the molecule is COc1cc(/C(=C/N)C(C)=NC2CCN(C3CN(C#N)C3)CC2)cn2ncc(C#N)c12. The van der Waals surface area contributed by atoms with Crippen molar-refractivity contribution in [1.82, 2.24) is 19.4 Å². The molecule has 0 spiro atoms. The summed E-state index contributed by atoms with van der Waals surface area (Å²) < 4.78 is 7.15. The highest BCUT2D eigenvalue weighted by molar-refractivity contribution is 6.22. The number of likely N-dealkylation sites (tertiary alicyclic amines) is 2. The fraction of sp³-hybridized carbons (Fsp3) is 0.455. The molecule has 160 valence electrons. The van der Waals surface area contributed by atoms with E-state index in [2.05, 4.69) is 22.3 Å². The molecule has 2 saturated heterocycles. The van der Waals surface area contributed by atoms with Gasteiger partial charge in [0.15, 0.2) is 6.19 Å². The Morgan fingerprint density at radius 1 is 1.32 bits per heavy atom. The van der Waals surface area contributed by atoms with Crippen molar-refractivity contribution in [2.24, 2.45) is 10.7 Å². The average Bonchev–Trinajstić information content (AvgIpc) is 3.17. The summed E-state index contributed by atoms with van der Waals surface area (Å²) in [5, 5.41) is 22.5. The number of allylic oxidation sites excluding steroid dienone is 1. The molecular formula is C22H26N8O. The topological polar surface area (TPSA) is 119 Å². The van der Waals surface area contributed by atoms with E-state index in [1.54, 1.807) is 22.7 Å². The van der Waals surface area contributed by atoms with Crippen LogP contribution in [0.25, 0.3) is 11.1 Å². The number of methoxy groups -OCH3 is 1. The Kier molecular flexibility index (Phi) is 5.79. The molecule has 2 aromatic heterocycles. The maximum absolute atomic E-state index is 9.31. The van der Waals surface area contributed by atoms with Crippen LogP contribution >= 0.6 is 0 Å². The van der Waals surface area contributed by atoms with Crippen molar-refractivity contribution in [2.75, 3.05) is 33.3 Å². The summed E-state index contributed by atoms with van der Waals surface area (Å²) in [6, 6.07) is 4.76. The van der Waals surface area contributed by atoms with Crippen LogP contribution in [0.1, 0.15) is 30.9 Å². The predicted molar refractivity (Wildman–Crippen MR) is 117 cm³/mol. The van der Waals surface area contributed by atoms with Crippen LogP contribution in [0.3, 0.4) is 0 Å². The zero-order valence-corrected chi connectivity index (χ0v) is 17.8. The molecule has 4 rings (SSSR count). The molecule has 2 aliphatic rings. The van der Waals surface area contributed by atoms with Gasteiger partial charge in [-0.05, 0) is 25.8 Å². The summed E-state index contributed by atoms with van der Waals surface area (Å²) in [4.78, 5) is 9.23. The molecule has 0 bridgehead atoms. The summed E-state index contributed by atoms with van der Waals surface area (Å²) in [5.41, 5.74) is 9.61. The van der Waals surface area contributed by atoms with E-state index in [-0.39, 0.29) is 6.04 Å². The first-order chi connectivity index (χ1) is 15.1. The first-order valence-corrected chi connectivity index (χ1v) is 10.4. The third-order valence-electron chi connectivity index (χ3n) is 6.18. The molecule has 0 aliphatic carbocycles. The summed E-state index contributed by atoms with van der Waals surface area (Å²) in [6.07, 6.45) is 9.12. The second-order valence-corrected chi connectivity index (χ2v) is 7.98. The Balaban J connectivity index is 1.49. The molecule has 0 unspecified atom stereocenters. The molecule has 2 fully saturated rings. The Hall–Kier alpha value is -3.56. The lowest BCUT2D eigenvalue weighted by Crippen LogP contribution is -2.59. The van der Waals surface area contributed by atoms with Crippen LogP contribution in [0.2, 0.25) is 0 Å². The van der Waals surface area contributed by atoms with Crippen LogP contribution in [-0.4, -0.2) is 70.5 Å². The van der Waals surface area contributed by atoms with Gasteiger partial charge in [0.05, 0.1) is 19.3 Å². The van der Waals surface area contributed by atoms with Gasteiger partial charge in [-0.25, -0.2) is 4.52 Å². The smallest absolute Gasteiger partial charge is 0.179 e.